The highest BCUT2D eigenvalue weighted by molar-refractivity contribution is 5.95. The van der Waals surface area contributed by atoms with Gasteiger partial charge in [-0.25, -0.2) is 9.18 Å². The van der Waals surface area contributed by atoms with E-state index in [9.17, 15) is 9.18 Å². The highest BCUT2D eigenvalue weighted by Gasteiger charge is 2.20. The summed E-state index contributed by atoms with van der Waals surface area (Å²) in [6.07, 6.45) is 1.24. The van der Waals surface area contributed by atoms with Crippen molar-refractivity contribution < 1.29 is 18.7 Å². The number of hydrogen-bond acceptors (Lipinski definition) is 3. The first-order valence-electron chi connectivity index (χ1n) is 5.51. The van der Waals surface area contributed by atoms with Crippen molar-refractivity contribution in [3.8, 4) is 11.5 Å². The second kappa shape index (κ2) is 3.94. The second-order valence-corrected chi connectivity index (χ2v) is 4.10. The molecule has 0 fully saturated rings. The molecule has 3 rings (SSSR count). The Kier molecular flexibility index (Phi) is 2.38. The van der Waals surface area contributed by atoms with Crippen LogP contribution in [0.1, 0.15) is 10.4 Å². The van der Waals surface area contributed by atoms with Gasteiger partial charge in [0.2, 0.25) is 0 Å². The molecule has 0 aliphatic carbocycles. The van der Waals surface area contributed by atoms with Gasteiger partial charge in [0.1, 0.15) is 11.3 Å². The van der Waals surface area contributed by atoms with E-state index in [0.29, 0.717) is 11.1 Å². The first-order chi connectivity index (χ1) is 9.08. The lowest BCUT2D eigenvalue weighted by molar-refractivity contribution is 0.0697. The first-order valence-corrected chi connectivity index (χ1v) is 5.51. The molecule has 0 radical (unpaired) electrons. The molecule has 2 aromatic heterocycles. The number of benzene rings is 1. The molecule has 6 heteroatoms. The van der Waals surface area contributed by atoms with Crippen LogP contribution in [0.25, 0.3) is 22.4 Å². The molecule has 3 aromatic rings. The van der Waals surface area contributed by atoms with Gasteiger partial charge in [0.15, 0.2) is 17.2 Å². The summed E-state index contributed by atoms with van der Waals surface area (Å²) >= 11 is 0. The number of furan rings is 1. The third-order valence-electron chi connectivity index (χ3n) is 2.90. The fourth-order valence-corrected chi connectivity index (χ4v) is 2.03. The van der Waals surface area contributed by atoms with Crippen molar-refractivity contribution in [3.63, 3.8) is 0 Å². The number of aromatic nitrogens is 2. The summed E-state index contributed by atoms with van der Waals surface area (Å²) in [7, 11) is 1.60. The number of carbonyl (C=O) groups is 1. The highest BCUT2D eigenvalue weighted by atomic mass is 19.1. The van der Waals surface area contributed by atoms with Gasteiger partial charge >= 0.3 is 5.97 Å². The Bertz CT molecular complexity index is 788. The lowest BCUT2D eigenvalue weighted by Gasteiger charge is -1.99. The minimum Gasteiger partial charge on any atom is -0.478 e. The van der Waals surface area contributed by atoms with Crippen LogP contribution in [0.3, 0.4) is 0 Å². The lowest BCUT2D eigenvalue weighted by Crippen LogP contribution is -1.99. The third kappa shape index (κ3) is 1.69. The van der Waals surface area contributed by atoms with E-state index in [1.54, 1.807) is 25.2 Å². The van der Waals surface area contributed by atoms with E-state index < -0.39 is 11.8 Å². The normalized spacial score (nSPS) is 11.1. The third-order valence-corrected chi connectivity index (χ3v) is 2.90. The molecule has 0 aliphatic rings. The molecule has 19 heavy (non-hydrogen) atoms. The van der Waals surface area contributed by atoms with Crippen LogP contribution in [0.5, 0.6) is 0 Å². The van der Waals surface area contributed by atoms with E-state index in [1.165, 1.54) is 16.9 Å². The zero-order chi connectivity index (χ0) is 13.6. The molecule has 0 saturated heterocycles. The Labute approximate surface area is 106 Å². The number of aryl methyl sites for hydroxylation is 1. The zero-order valence-corrected chi connectivity index (χ0v) is 9.92. The molecular weight excluding hydrogens is 251 g/mol. The molecule has 5 nitrogen and oxygen atoms in total. The predicted molar refractivity (Wildman–Crippen MR) is 65.3 cm³/mol. The van der Waals surface area contributed by atoms with Gasteiger partial charge in [-0.1, -0.05) is 12.1 Å². The Morgan fingerprint density at radius 3 is 2.95 bits per heavy atom. The highest BCUT2D eigenvalue weighted by Crippen LogP contribution is 2.30. The van der Waals surface area contributed by atoms with E-state index in [-0.39, 0.29) is 16.9 Å². The van der Waals surface area contributed by atoms with Crippen molar-refractivity contribution in [2.24, 2.45) is 7.05 Å². The summed E-state index contributed by atoms with van der Waals surface area (Å²) in [5.41, 5.74) is 0.431. The van der Waals surface area contributed by atoms with Crippen LogP contribution in [0, 0.1) is 5.82 Å². The average molecular weight is 260 g/mol. The van der Waals surface area contributed by atoms with E-state index in [2.05, 4.69) is 5.10 Å². The fraction of sp³-hybridized carbons (Fsp3) is 0.0769. The van der Waals surface area contributed by atoms with Crippen molar-refractivity contribution in [1.82, 2.24) is 9.78 Å². The summed E-state index contributed by atoms with van der Waals surface area (Å²) in [5, 5.41) is 13.6. The topological polar surface area (TPSA) is 68.3 Å². The maximum Gasteiger partial charge on any atom is 0.339 e. The Balaban J connectivity index is 2.28. The van der Waals surface area contributed by atoms with E-state index in [4.69, 9.17) is 9.52 Å². The van der Waals surface area contributed by atoms with Crippen LogP contribution in [0.2, 0.25) is 0 Å². The van der Waals surface area contributed by atoms with Gasteiger partial charge < -0.3 is 9.52 Å². The van der Waals surface area contributed by atoms with Crippen molar-refractivity contribution in [1.29, 1.82) is 0 Å². The van der Waals surface area contributed by atoms with Gasteiger partial charge in [-0.15, -0.1) is 0 Å². The van der Waals surface area contributed by atoms with Crippen LogP contribution >= 0.6 is 0 Å². The minimum atomic E-state index is -1.11. The molecule has 0 saturated carbocycles. The van der Waals surface area contributed by atoms with Crippen LogP contribution in [0.4, 0.5) is 4.39 Å². The van der Waals surface area contributed by atoms with Crippen LogP contribution in [-0.4, -0.2) is 20.9 Å². The molecule has 1 N–H and O–H groups in total. The summed E-state index contributed by atoms with van der Waals surface area (Å²) in [6.45, 7) is 0. The molecule has 0 atom stereocenters. The Morgan fingerprint density at radius 2 is 2.26 bits per heavy atom. The molecule has 0 bridgehead atoms. The number of nitrogens with zero attached hydrogens (tertiary/aromatic N) is 2. The lowest BCUT2D eigenvalue weighted by atomic mass is 10.2. The molecule has 2 heterocycles. The SMILES string of the molecule is Cn1ncc(C(=O)O)c1-c1cc2cccc(F)c2o1. The van der Waals surface area contributed by atoms with Gasteiger partial charge in [0.05, 0.1) is 6.20 Å². The molecule has 0 aliphatic heterocycles. The average Bonchev–Trinajstić information content (AvgIpc) is 2.92. The van der Waals surface area contributed by atoms with E-state index in [0.717, 1.165) is 0 Å². The molecule has 1 aromatic carbocycles. The smallest absolute Gasteiger partial charge is 0.339 e. The summed E-state index contributed by atoms with van der Waals surface area (Å²) < 4.78 is 20.4. The van der Waals surface area contributed by atoms with Crippen molar-refractivity contribution >= 4 is 16.9 Å². The van der Waals surface area contributed by atoms with Crippen molar-refractivity contribution in [3.05, 3.63) is 41.8 Å². The van der Waals surface area contributed by atoms with Crippen molar-refractivity contribution in [2.75, 3.05) is 0 Å². The molecule has 96 valence electrons. The number of carboxylic acid groups (broad SMARTS) is 1. The fourth-order valence-electron chi connectivity index (χ4n) is 2.03. The Morgan fingerprint density at radius 1 is 1.47 bits per heavy atom. The van der Waals surface area contributed by atoms with Gasteiger partial charge in [-0.3, -0.25) is 4.68 Å². The van der Waals surface area contributed by atoms with Gasteiger partial charge in [0, 0.05) is 12.4 Å². The number of aromatic carboxylic acids is 1. The largest absolute Gasteiger partial charge is 0.478 e. The molecule has 0 unspecified atom stereocenters. The minimum absolute atomic E-state index is 0.0157. The first kappa shape index (κ1) is 11.5. The van der Waals surface area contributed by atoms with Gasteiger partial charge in [-0.2, -0.15) is 5.10 Å². The molecule has 0 amide bonds. The number of rotatable bonds is 2. The number of para-hydroxylation sites is 1. The molecule has 0 spiro atoms. The number of hydrogen-bond donors (Lipinski definition) is 1. The number of halogens is 1. The van der Waals surface area contributed by atoms with Crippen LogP contribution < -0.4 is 0 Å². The molecular formula is C13H9FN2O3. The van der Waals surface area contributed by atoms with Crippen LogP contribution in [0.15, 0.2) is 34.9 Å². The van der Waals surface area contributed by atoms with Crippen molar-refractivity contribution in [2.45, 2.75) is 0 Å². The summed E-state index contributed by atoms with van der Waals surface area (Å²) in [6, 6.07) is 6.15. The number of carboxylic acids is 1. The summed E-state index contributed by atoms with van der Waals surface area (Å²) in [5.74, 6) is -1.32. The standard InChI is InChI=1S/C13H9FN2O3/c1-16-11(8(6-15-16)13(17)18)10-5-7-3-2-4-9(14)12(7)19-10/h2-6H,1H3,(H,17,18). The maximum absolute atomic E-state index is 13.6. The van der Waals surface area contributed by atoms with Crippen LogP contribution in [-0.2, 0) is 7.05 Å². The predicted octanol–water partition coefficient (Wildman–Crippen LogP) is 2.67. The van der Waals surface area contributed by atoms with Gasteiger partial charge in [0.25, 0.3) is 0 Å². The zero-order valence-electron chi connectivity index (χ0n) is 9.92. The second-order valence-electron chi connectivity index (χ2n) is 4.10. The van der Waals surface area contributed by atoms with E-state index in [1.807, 2.05) is 0 Å². The quantitative estimate of drug-likeness (QED) is 0.769. The maximum atomic E-state index is 13.6. The summed E-state index contributed by atoms with van der Waals surface area (Å²) in [4.78, 5) is 11.1. The monoisotopic (exact) mass is 260 g/mol. The van der Waals surface area contributed by atoms with E-state index >= 15 is 0 Å². The Hall–Kier alpha value is -2.63. The number of fused-ring (bicyclic) bond motifs is 1. The van der Waals surface area contributed by atoms with Gasteiger partial charge in [-0.05, 0) is 12.1 Å².